The molecule has 140 valence electrons. The van der Waals surface area contributed by atoms with Crippen LogP contribution in [0.1, 0.15) is 44.1 Å². The maximum absolute atomic E-state index is 13.2. The third-order valence-electron chi connectivity index (χ3n) is 5.45. The SMILES string of the molecule is Cc1ccc(S(=O)N(CCCN2CCCCC2)C2CCNCC2)cc1. The minimum Gasteiger partial charge on any atom is -0.317 e. The average molecular weight is 364 g/mol. The van der Waals surface area contributed by atoms with E-state index < -0.39 is 11.0 Å². The zero-order valence-electron chi connectivity index (χ0n) is 15.6. The van der Waals surface area contributed by atoms with E-state index in [1.165, 1.54) is 37.9 Å². The standard InChI is InChI=1S/C20H33N3OS/c1-18-6-8-20(9-7-18)25(24)23(19-10-12-21-13-11-19)17-5-16-22-14-3-2-4-15-22/h6-9,19,21H,2-5,10-17H2,1H3. The summed E-state index contributed by atoms with van der Waals surface area (Å²) in [7, 11) is -1.05. The molecule has 25 heavy (non-hydrogen) atoms. The van der Waals surface area contributed by atoms with Crippen LogP contribution in [-0.4, -0.2) is 58.7 Å². The third kappa shape index (κ3) is 5.61. The molecule has 1 unspecified atom stereocenters. The molecule has 0 spiro atoms. The molecule has 5 heteroatoms. The molecule has 0 amide bonds. The lowest BCUT2D eigenvalue weighted by atomic mass is 10.1. The average Bonchev–Trinajstić information content (AvgIpc) is 2.67. The Morgan fingerprint density at radius 2 is 1.80 bits per heavy atom. The van der Waals surface area contributed by atoms with Gasteiger partial charge in [-0.15, -0.1) is 0 Å². The molecule has 0 saturated carbocycles. The lowest BCUT2D eigenvalue weighted by Gasteiger charge is -2.34. The van der Waals surface area contributed by atoms with Crippen LogP contribution >= 0.6 is 0 Å². The van der Waals surface area contributed by atoms with Gasteiger partial charge in [0.05, 0.1) is 4.90 Å². The maximum atomic E-state index is 13.2. The Labute approximate surface area is 155 Å². The molecule has 0 radical (unpaired) electrons. The summed E-state index contributed by atoms with van der Waals surface area (Å²) in [6, 6.07) is 8.64. The predicted octanol–water partition coefficient (Wildman–Crippen LogP) is 2.95. The summed E-state index contributed by atoms with van der Waals surface area (Å²) in [6.07, 6.45) is 7.37. The Bertz CT molecular complexity index is 536. The smallest absolute Gasteiger partial charge is 0.127 e. The van der Waals surface area contributed by atoms with Crippen LogP contribution in [0.3, 0.4) is 0 Å². The number of aryl methyl sites for hydroxylation is 1. The second-order valence-corrected chi connectivity index (χ2v) is 8.88. The highest BCUT2D eigenvalue weighted by Gasteiger charge is 2.26. The van der Waals surface area contributed by atoms with Crippen molar-refractivity contribution >= 4 is 11.0 Å². The molecular weight excluding hydrogens is 330 g/mol. The molecule has 0 bridgehead atoms. The van der Waals surface area contributed by atoms with Gasteiger partial charge in [0.25, 0.3) is 0 Å². The molecule has 2 saturated heterocycles. The van der Waals surface area contributed by atoms with Gasteiger partial charge in [-0.25, -0.2) is 8.51 Å². The summed E-state index contributed by atoms with van der Waals surface area (Å²) in [5.41, 5.74) is 1.22. The van der Waals surface area contributed by atoms with Crippen LogP contribution in [0.2, 0.25) is 0 Å². The van der Waals surface area contributed by atoms with Gasteiger partial charge < -0.3 is 10.2 Å². The summed E-state index contributed by atoms with van der Waals surface area (Å²) in [5.74, 6) is 0. The van der Waals surface area contributed by atoms with Crippen LogP contribution in [0.4, 0.5) is 0 Å². The fraction of sp³-hybridized carbons (Fsp3) is 0.700. The number of piperidine rings is 2. The second-order valence-electron chi connectivity index (χ2n) is 7.44. The van der Waals surface area contributed by atoms with E-state index >= 15 is 0 Å². The van der Waals surface area contributed by atoms with Gasteiger partial charge >= 0.3 is 0 Å². The highest BCUT2D eigenvalue weighted by atomic mass is 32.2. The Kier molecular flexibility index (Phi) is 7.47. The number of rotatable bonds is 7. The Balaban J connectivity index is 1.61. The third-order valence-corrected chi connectivity index (χ3v) is 7.04. The Morgan fingerprint density at radius 3 is 2.48 bits per heavy atom. The molecule has 1 aromatic carbocycles. The molecule has 3 rings (SSSR count). The summed E-state index contributed by atoms with van der Waals surface area (Å²) < 4.78 is 15.5. The van der Waals surface area contributed by atoms with Gasteiger partial charge in [-0.2, -0.15) is 0 Å². The van der Waals surface area contributed by atoms with E-state index in [1.54, 1.807) is 0 Å². The molecule has 0 aliphatic carbocycles. The van der Waals surface area contributed by atoms with E-state index in [0.717, 1.165) is 50.3 Å². The summed E-state index contributed by atoms with van der Waals surface area (Å²) in [4.78, 5) is 3.53. The summed E-state index contributed by atoms with van der Waals surface area (Å²) in [6.45, 7) is 8.73. The highest BCUT2D eigenvalue weighted by Crippen LogP contribution is 2.20. The molecule has 2 aliphatic rings. The molecule has 2 fully saturated rings. The first-order chi connectivity index (χ1) is 12.2. The number of nitrogens with one attached hydrogen (secondary N) is 1. The van der Waals surface area contributed by atoms with Crippen molar-refractivity contribution in [2.75, 3.05) is 39.3 Å². The summed E-state index contributed by atoms with van der Waals surface area (Å²) >= 11 is 0. The summed E-state index contributed by atoms with van der Waals surface area (Å²) in [5, 5.41) is 3.43. The number of hydrogen-bond acceptors (Lipinski definition) is 3. The molecule has 2 aliphatic heterocycles. The number of nitrogens with zero attached hydrogens (tertiary/aromatic N) is 2. The first kappa shape index (κ1) is 19.0. The van der Waals surface area contributed by atoms with E-state index in [4.69, 9.17) is 0 Å². The molecule has 1 aromatic rings. The fourth-order valence-electron chi connectivity index (χ4n) is 3.92. The van der Waals surface area contributed by atoms with Gasteiger partial charge in [-0.1, -0.05) is 24.1 Å². The van der Waals surface area contributed by atoms with Crippen LogP contribution in [-0.2, 0) is 11.0 Å². The number of likely N-dealkylation sites (tertiary alicyclic amines) is 1. The van der Waals surface area contributed by atoms with Gasteiger partial charge in [0.2, 0.25) is 0 Å². The van der Waals surface area contributed by atoms with Crippen molar-refractivity contribution < 1.29 is 4.21 Å². The molecule has 2 heterocycles. The largest absolute Gasteiger partial charge is 0.317 e. The second kappa shape index (κ2) is 9.81. The topological polar surface area (TPSA) is 35.6 Å². The van der Waals surface area contributed by atoms with Crippen LogP contribution in [0.5, 0.6) is 0 Å². The van der Waals surface area contributed by atoms with Gasteiger partial charge in [-0.3, -0.25) is 0 Å². The quantitative estimate of drug-likeness (QED) is 0.809. The number of benzene rings is 1. The normalized spacial score (nSPS) is 21.5. The zero-order chi connectivity index (χ0) is 17.5. The minimum atomic E-state index is -1.05. The van der Waals surface area contributed by atoms with E-state index in [1.807, 2.05) is 12.1 Å². The number of hydrogen-bond donors (Lipinski definition) is 1. The van der Waals surface area contributed by atoms with Crippen molar-refractivity contribution in [1.29, 1.82) is 0 Å². The van der Waals surface area contributed by atoms with Crippen molar-refractivity contribution in [2.45, 2.75) is 56.4 Å². The Hall–Kier alpha value is -0.750. The molecular formula is C20H33N3OS. The van der Waals surface area contributed by atoms with Crippen LogP contribution < -0.4 is 5.32 Å². The van der Waals surface area contributed by atoms with Gasteiger partial charge in [0.1, 0.15) is 11.0 Å². The highest BCUT2D eigenvalue weighted by molar-refractivity contribution is 7.82. The molecule has 1 atom stereocenters. The fourth-order valence-corrected chi connectivity index (χ4v) is 5.34. The van der Waals surface area contributed by atoms with Crippen LogP contribution in [0.15, 0.2) is 29.2 Å². The van der Waals surface area contributed by atoms with Crippen molar-refractivity contribution in [3.05, 3.63) is 29.8 Å². The Morgan fingerprint density at radius 1 is 1.12 bits per heavy atom. The predicted molar refractivity (Wildman–Crippen MR) is 105 cm³/mol. The van der Waals surface area contributed by atoms with Crippen molar-refractivity contribution in [1.82, 2.24) is 14.5 Å². The van der Waals surface area contributed by atoms with Crippen LogP contribution in [0.25, 0.3) is 0 Å². The first-order valence-corrected chi connectivity index (χ1v) is 11.0. The van der Waals surface area contributed by atoms with Gasteiger partial charge in [0, 0.05) is 12.6 Å². The van der Waals surface area contributed by atoms with Crippen molar-refractivity contribution in [2.24, 2.45) is 0 Å². The monoisotopic (exact) mass is 363 g/mol. The first-order valence-electron chi connectivity index (χ1n) is 9.92. The van der Waals surface area contributed by atoms with Gasteiger partial charge in [-0.05, 0) is 83.9 Å². The zero-order valence-corrected chi connectivity index (χ0v) is 16.4. The molecule has 4 nitrogen and oxygen atoms in total. The van der Waals surface area contributed by atoms with E-state index in [9.17, 15) is 4.21 Å². The van der Waals surface area contributed by atoms with E-state index in [0.29, 0.717) is 6.04 Å². The molecule has 0 aromatic heterocycles. The lowest BCUT2D eigenvalue weighted by molar-refractivity contribution is 0.208. The van der Waals surface area contributed by atoms with Crippen molar-refractivity contribution in [3.8, 4) is 0 Å². The van der Waals surface area contributed by atoms with Gasteiger partial charge in [0.15, 0.2) is 0 Å². The minimum absolute atomic E-state index is 0.435. The van der Waals surface area contributed by atoms with Crippen molar-refractivity contribution in [3.63, 3.8) is 0 Å². The lowest BCUT2D eigenvalue weighted by Crippen LogP contribution is -2.45. The maximum Gasteiger partial charge on any atom is 0.127 e. The van der Waals surface area contributed by atoms with Crippen LogP contribution in [0, 0.1) is 6.92 Å². The van der Waals surface area contributed by atoms with E-state index in [2.05, 4.69) is 33.6 Å². The van der Waals surface area contributed by atoms with E-state index in [-0.39, 0.29) is 0 Å². The molecule has 1 N–H and O–H groups in total.